The third kappa shape index (κ3) is 4.56. The maximum atomic E-state index is 12.9. The van der Waals surface area contributed by atoms with Gasteiger partial charge in [0.25, 0.3) is 0 Å². The number of hydrogen-bond donors (Lipinski definition) is 1. The van der Waals surface area contributed by atoms with E-state index < -0.39 is 17.9 Å². The maximum absolute atomic E-state index is 12.9. The van der Waals surface area contributed by atoms with Crippen molar-refractivity contribution in [1.82, 2.24) is 10.3 Å². The smallest absolute Gasteiger partial charge is 0.336 e. The molecule has 0 saturated heterocycles. The van der Waals surface area contributed by atoms with Crippen LogP contribution in [-0.2, 0) is 19.1 Å². The molecule has 1 aromatic heterocycles. The van der Waals surface area contributed by atoms with Crippen LogP contribution in [-0.4, -0.2) is 30.1 Å². The molecule has 0 aliphatic carbocycles. The number of dihydropyridines is 1. The second-order valence-electron chi connectivity index (χ2n) is 7.36. The molecule has 1 aliphatic heterocycles. The molecule has 0 unspecified atom stereocenters. The van der Waals surface area contributed by atoms with Crippen LogP contribution in [0.4, 0.5) is 0 Å². The lowest BCUT2D eigenvalue weighted by atomic mass is 9.80. The van der Waals surface area contributed by atoms with E-state index in [2.05, 4.69) is 10.3 Å². The molecule has 1 N–H and O–H groups in total. The van der Waals surface area contributed by atoms with Gasteiger partial charge in [0.05, 0.1) is 36.0 Å². The average Bonchev–Trinajstić information content (AvgIpc) is 3.06. The third-order valence-corrected chi connectivity index (χ3v) is 6.37. The molecular formula is C24H28N2O4S. The lowest BCUT2D eigenvalue weighted by Gasteiger charge is -2.30. The molecule has 0 saturated carbocycles. The predicted octanol–water partition coefficient (Wildman–Crippen LogP) is 4.79. The van der Waals surface area contributed by atoms with Crippen LogP contribution in [0, 0.1) is 13.8 Å². The van der Waals surface area contributed by atoms with Crippen LogP contribution >= 0.6 is 11.3 Å². The van der Waals surface area contributed by atoms with Crippen molar-refractivity contribution in [2.24, 2.45) is 0 Å². The van der Waals surface area contributed by atoms with E-state index in [1.54, 1.807) is 25.2 Å². The van der Waals surface area contributed by atoms with Gasteiger partial charge in [-0.05, 0) is 53.2 Å². The molecule has 7 heteroatoms. The maximum Gasteiger partial charge on any atom is 0.336 e. The highest BCUT2D eigenvalue weighted by Crippen LogP contribution is 2.40. The Bertz CT molecular complexity index is 1020. The number of allylic oxidation sites excluding steroid dienone is 2. The summed E-state index contributed by atoms with van der Waals surface area (Å²) >= 11 is 1.62. The zero-order chi connectivity index (χ0) is 22.7. The summed E-state index contributed by atoms with van der Waals surface area (Å²) in [6, 6.07) is 7.83. The van der Waals surface area contributed by atoms with Crippen molar-refractivity contribution < 1.29 is 19.1 Å². The standard InChI is InChI=1S/C24H28N2O4S/c1-7-29-23(27)19-14(4)25-15(5)20(24(28)30-8-2)21(19)17-10-9-11-18(12-17)22-26-13(3)16(6)31-22/h9-12,21,25H,7-8H2,1-6H3. The first-order valence-corrected chi connectivity index (χ1v) is 11.2. The minimum Gasteiger partial charge on any atom is -0.463 e. The monoisotopic (exact) mass is 440 g/mol. The quantitative estimate of drug-likeness (QED) is 0.651. The molecule has 1 aromatic carbocycles. The predicted molar refractivity (Wildman–Crippen MR) is 122 cm³/mol. The van der Waals surface area contributed by atoms with Crippen LogP contribution in [0.5, 0.6) is 0 Å². The second-order valence-corrected chi connectivity index (χ2v) is 8.57. The van der Waals surface area contributed by atoms with Crippen molar-refractivity contribution in [1.29, 1.82) is 0 Å². The van der Waals surface area contributed by atoms with Gasteiger partial charge in [-0.3, -0.25) is 0 Å². The number of carbonyl (C=O) groups excluding carboxylic acids is 2. The van der Waals surface area contributed by atoms with Gasteiger partial charge in [0.15, 0.2) is 0 Å². The fraction of sp³-hybridized carbons (Fsp3) is 0.375. The van der Waals surface area contributed by atoms with Gasteiger partial charge in [0.2, 0.25) is 0 Å². The molecule has 0 fully saturated rings. The molecule has 0 amide bonds. The van der Waals surface area contributed by atoms with E-state index >= 15 is 0 Å². The Morgan fingerprint density at radius 1 is 1.00 bits per heavy atom. The molecule has 2 aromatic rings. The third-order valence-electron chi connectivity index (χ3n) is 5.25. The van der Waals surface area contributed by atoms with Crippen LogP contribution in [0.3, 0.4) is 0 Å². The highest BCUT2D eigenvalue weighted by molar-refractivity contribution is 7.15. The summed E-state index contributed by atoms with van der Waals surface area (Å²) in [5.74, 6) is -1.49. The fourth-order valence-electron chi connectivity index (χ4n) is 3.73. The zero-order valence-electron chi connectivity index (χ0n) is 18.8. The van der Waals surface area contributed by atoms with Crippen LogP contribution in [0.25, 0.3) is 10.6 Å². The van der Waals surface area contributed by atoms with Crippen LogP contribution in [0.2, 0.25) is 0 Å². The SMILES string of the molecule is CCOC(=O)C1=C(C)NC(C)=C(C(=O)OCC)C1c1cccc(-c2nc(C)c(C)s2)c1. The van der Waals surface area contributed by atoms with E-state index in [1.165, 1.54) is 0 Å². The molecule has 3 rings (SSSR count). The molecule has 2 heterocycles. The number of benzene rings is 1. The highest BCUT2D eigenvalue weighted by atomic mass is 32.1. The van der Waals surface area contributed by atoms with Gasteiger partial charge in [-0.25, -0.2) is 14.6 Å². The molecule has 0 spiro atoms. The van der Waals surface area contributed by atoms with E-state index in [9.17, 15) is 9.59 Å². The number of esters is 2. The summed E-state index contributed by atoms with van der Waals surface area (Å²) in [7, 11) is 0. The van der Waals surface area contributed by atoms with E-state index in [0.717, 1.165) is 26.7 Å². The van der Waals surface area contributed by atoms with Gasteiger partial charge in [0, 0.05) is 21.8 Å². The normalized spacial score (nSPS) is 14.5. The molecule has 164 valence electrons. The van der Waals surface area contributed by atoms with Crippen LogP contribution < -0.4 is 5.32 Å². The fourth-order valence-corrected chi connectivity index (χ4v) is 4.64. The topological polar surface area (TPSA) is 77.5 Å². The minimum absolute atomic E-state index is 0.247. The Morgan fingerprint density at radius 2 is 1.58 bits per heavy atom. The van der Waals surface area contributed by atoms with Gasteiger partial charge in [-0.15, -0.1) is 11.3 Å². The molecule has 0 bridgehead atoms. The molecule has 0 radical (unpaired) electrons. The number of carbonyl (C=O) groups is 2. The number of thiazole rings is 1. The lowest BCUT2D eigenvalue weighted by molar-refractivity contribution is -0.139. The Kier molecular flexibility index (Phi) is 6.95. The summed E-state index contributed by atoms with van der Waals surface area (Å²) in [6.07, 6.45) is 0. The van der Waals surface area contributed by atoms with E-state index in [4.69, 9.17) is 9.47 Å². The van der Waals surface area contributed by atoms with Gasteiger partial charge >= 0.3 is 11.9 Å². The Labute approximate surface area is 187 Å². The molecule has 0 atom stereocenters. The van der Waals surface area contributed by atoms with Crippen molar-refractivity contribution in [2.75, 3.05) is 13.2 Å². The summed E-state index contributed by atoms with van der Waals surface area (Å²) < 4.78 is 10.7. The summed E-state index contributed by atoms with van der Waals surface area (Å²) in [5, 5.41) is 4.07. The van der Waals surface area contributed by atoms with Crippen molar-refractivity contribution in [3.63, 3.8) is 0 Å². The van der Waals surface area contributed by atoms with Crippen LogP contribution in [0.1, 0.15) is 49.7 Å². The summed E-state index contributed by atoms with van der Waals surface area (Å²) in [5.41, 5.74) is 4.92. The molecule has 1 aliphatic rings. The lowest BCUT2D eigenvalue weighted by Crippen LogP contribution is -2.32. The van der Waals surface area contributed by atoms with Gasteiger partial charge in [0.1, 0.15) is 5.01 Å². The van der Waals surface area contributed by atoms with Crippen LogP contribution in [0.15, 0.2) is 46.8 Å². The molecule has 31 heavy (non-hydrogen) atoms. The average molecular weight is 441 g/mol. The first-order valence-electron chi connectivity index (χ1n) is 10.4. The van der Waals surface area contributed by atoms with Gasteiger partial charge in [-0.1, -0.05) is 18.2 Å². The number of rotatable bonds is 6. The number of aryl methyl sites for hydroxylation is 2. The van der Waals surface area contributed by atoms with E-state index in [0.29, 0.717) is 22.5 Å². The van der Waals surface area contributed by atoms with Crippen molar-refractivity contribution in [3.8, 4) is 10.6 Å². The second kappa shape index (κ2) is 9.47. The number of ether oxygens (including phenoxy) is 2. The largest absolute Gasteiger partial charge is 0.463 e. The van der Waals surface area contributed by atoms with E-state index in [-0.39, 0.29) is 13.2 Å². The van der Waals surface area contributed by atoms with E-state index in [1.807, 2.05) is 52.0 Å². The van der Waals surface area contributed by atoms with Crippen molar-refractivity contribution in [2.45, 2.75) is 47.5 Å². The first kappa shape index (κ1) is 22.7. The Balaban J connectivity index is 2.18. The Hall–Kier alpha value is -2.93. The van der Waals surface area contributed by atoms with Crippen molar-refractivity contribution >= 4 is 23.3 Å². The van der Waals surface area contributed by atoms with Gasteiger partial charge in [-0.2, -0.15) is 0 Å². The number of aromatic nitrogens is 1. The summed E-state index contributed by atoms with van der Waals surface area (Å²) in [4.78, 5) is 31.7. The molecular weight excluding hydrogens is 412 g/mol. The number of hydrogen-bond acceptors (Lipinski definition) is 7. The van der Waals surface area contributed by atoms with Gasteiger partial charge < -0.3 is 14.8 Å². The molecule has 6 nitrogen and oxygen atoms in total. The van der Waals surface area contributed by atoms with Crippen molar-refractivity contribution in [3.05, 3.63) is 62.9 Å². The number of nitrogens with zero attached hydrogens (tertiary/aromatic N) is 1. The zero-order valence-corrected chi connectivity index (χ0v) is 19.6. The first-order chi connectivity index (χ1) is 14.8. The Morgan fingerprint density at radius 3 is 2.06 bits per heavy atom. The highest BCUT2D eigenvalue weighted by Gasteiger charge is 2.38. The summed E-state index contributed by atoms with van der Waals surface area (Å²) in [6.45, 7) is 11.7. The minimum atomic E-state index is -0.596. The number of nitrogens with one attached hydrogen (secondary N) is 1.